The van der Waals surface area contributed by atoms with Crippen molar-refractivity contribution in [2.75, 3.05) is 5.73 Å². The van der Waals surface area contributed by atoms with Gasteiger partial charge in [0.2, 0.25) is 0 Å². The standard InChI is InChI=1S/C3H5N5S/c4-2(5)1-3(6)9-8-7-1/h6H2,(H3,4,5). The smallest absolute Gasteiger partial charge is 0.163 e. The number of aromatic nitrogens is 2. The fourth-order valence-electron chi connectivity index (χ4n) is 0.384. The summed E-state index contributed by atoms with van der Waals surface area (Å²) in [7, 11) is 0. The van der Waals surface area contributed by atoms with E-state index in [-0.39, 0.29) is 11.5 Å². The summed E-state index contributed by atoms with van der Waals surface area (Å²) < 4.78 is 3.49. The summed E-state index contributed by atoms with van der Waals surface area (Å²) in [4.78, 5) is 0. The van der Waals surface area contributed by atoms with E-state index in [0.717, 1.165) is 11.5 Å². The minimum absolute atomic E-state index is 0.138. The number of hydrogen-bond donors (Lipinski definition) is 3. The summed E-state index contributed by atoms with van der Waals surface area (Å²) in [6, 6.07) is 0. The predicted octanol–water partition coefficient (Wildman–Crippen LogP) is -0.596. The van der Waals surface area contributed by atoms with E-state index >= 15 is 0 Å². The largest absolute Gasteiger partial charge is 0.387 e. The van der Waals surface area contributed by atoms with Gasteiger partial charge in [-0.2, -0.15) is 0 Å². The van der Waals surface area contributed by atoms with Crippen molar-refractivity contribution in [3.63, 3.8) is 0 Å². The molecule has 48 valence electrons. The minimum atomic E-state index is -0.138. The molecule has 0 fully saturated rings. The molecule has 0 spiro atoms. The molecule has 0 unspecified atom stereocenters. The lowest BCUT2D eigenvalue weighted by Crippen LogP contribution is -2.13. The molecule has 5 nitrogen and oxygen atoms in total. The Bertz CT molecular complexity index is 228. The van der Waals surface area contributed by atoms with Crippen LogP contribution in [0.1, 0.15) is 5.69 Å². The highest BCUT2D eigenvalue weighted by Gasteiger charge is 2.04. The first-order chi connectivity index (χ1) is 4.22. The third kappa shape index (κ3) is 0.968. The monoisotopic (exact) mass is 143 g/mol. The molecule has 1 aromatic rings. The summed E-state index contributed by atoms with van der Waals surface area (Å²) in [5, 5.41) is 10.8. The van der Waals surface area contributed by atoms with E-state index < -0.39 is 0 Å². The molecular weight excluding hydrogens is 138 g/mol. The van der Waals surface area contributed by atoms with Crippen LogP contribution in [0.3, 0.4) is 0 Å². The lowest BCUT2D eigenvalue weighted by Gasteiger charge is -1.87. The van der Waals surface area contributed by atoms with E-state index in [1.54, 1.807) is 0 Å². The number of amidine groups is 1. The van der Waals surface area contributed by atoms with Crippen LogP contribution in [0.25, 0.3) is 0 Å². The van der Waals surface area contributed by atoms with Crippen molar-refractivity contribution >= 4 is 22.4 Å². The van der Waals surface area contributed by atoms with Crippen molar-refractivity contribution in [2.45, 2.75) is 0 Å². The zero-order valence-corrected chi connectivity index (χ0v) is 5.27. The van der Waals surface area contributed by atoms with Crippen LogP contribution in [0.2, 0.25) is 0 Å². The fourth-order valence-corrected chi connectivity index (χ4v) is 0.832. The van der Waals surface area contributed by atoms with E-state index in [4.69, 9.17) is 16.9 Å². The van der Waals surface area contributed by atoms with Gasteiger partial charge >= 0.3 is 0 Å². The number of nitrogens with zero attached hydrogens (tertiary/aromatic N) is 2. The fraction of sp³-hybridized carbons (Fsp3) is 0. The Balaban J connectivity index is 3.08. The summed E-state index contributed by atoms with van der Waals surface area (Å²) in [5.74, 6) is -0.138. The van der Waals surface area contributed by atoms with Crippen LogP contribution in [0.15, 0.2) is 0 Å². The van der Waals surface area contributed by atoms with Crippen molar-refractivity contribution in [3.8, 4) is 0 Å². The second-order valence-corrected chi connectivity index (χ2v) is 2.19. The van der Waals surface area contributed by atoms with Gasteiger partial charge in [-0.05, 0) is 0 Å². The van der Waals surface area contributed by atoms with E-state index in [9.17, 15) is 0 Å². The van der Waals surface area contributed by atoms with Gasteiger partial charge in [0.25, 0.3) is 0 Å². The van der Waals surface area contributed by atoms with Crippen molar-refractivity contribution < 1.29 is 0 Å². The van der Waals surface area contributed by atoms with Gasteiger partial charge in [-0.15, -0.1) is 5.10 Å². The topological polar surface area (TPSA) is 102 Å². The number of anilines is 1. The van der Waals surface area contributed by atoms with Gasteiger partial charge < -0.3 is 11.5 Å². The quantitative estimate of drug-likeness (QED) is 0.361. The molecular formula is C3H5N5S. The normalized spacial score (nSPS) is 9.33. The molecule has 0 aliphatic carbocycles. The van der Waals surface area contributed by atoms with Crippen LogP contribution in [-0.4, -0.2) is 15.4 Å². The Hall–Kier alpha value is -1.17. The molecule has 0 radical (unpaired) electrons. The minimum Gasteiger partial charge on any atom is -0.387 e. The average molecular weight is 143 g/mol. The summed E-state index contributed by atoms with van der Waals surface area (Å²) in [6.07, 6.45) is 0. The van der Waals surface area contributed by atoms with Gasteiger partial charge in [0.05, 0.1) is 0 Å². The molecule has 1 rings (SSSR count). The third-order valence-electron chi connectivity index (χ3n) is 0.769. The average Bonchev–Trinajstić information content (AvgIpc) is 2.13. The maximum Gasteiger partial charge on any atom is 0.163 e. The molecule has 6 heteroatoms. The maximum atomic E-state index is 6.89. The van der Waals surface area contributed by atoms with E-state index in [1.165, 1.54) is 0 Å². The van der Waals surface area contributed by atoms with E-state index in [0.29, 0.717) is 5.00 Å². The van der Waals surface area contributed by atoms with Crippen LogP contribution < -0.4 is 11.5 Å². The lowest BCUT2D eigenvalue weighted by atomic mass is 10.4. The second kappa shape index (κ2) is 1.98. The summed E-state index contributed by atoms with van der Waals surface area (Å²) in [5.41, 5.74) is 10.7. The maximum absolute atomic E-state index is 6.89. The molecule has 5 N–H and O–H groups in total. The van der Waals surface area contributed by atoms with Crippen molar-refractivity contribution in [3.05, 3.63) is 5.69 Å². The SMILES string of the molecule is N=C(N)c1nnsc1N. The first kappa shape index (κ1) is 5.96. The highest BCUT2D eigenvalue weighted by molar-refractivity contribution is 7.10. The third-order valence-corrected chi connectivity index (χ3v) is 1.32. The van der Waals surface area contributed by atoms with Gasteiger partial charge in [0, 0.05) is 11.5 Å². The van der Waals surface area contributed by atoms with Crippen LogP contribution in [0.5, 0.6) is 0 Å². The highest BCUT2D eigenvalue weighted by Crippen LogP contribution is 2.10. The number of nitrogen functional groups attached to an aromatic ring is 2. The molecule has 0 aliphatic rings. The van der Waals surface area contributed by atoms with Crippen LogP contribution in [-0.2, 0) is 0 Å². The van der Waals surface area contributed by atoms with Crippen LogP contribution in [0, 0.1) is 5.41 Å². The second-order valence-electron chi connectivity index (χ2n) is 1.40. The molecule has 9 heavy (non-hydrogen) atoms. The van der Waals surface area contributed by atoms with Crippen LogP contribution in [0.4, 0.5) is 5.00 Å². The molecule has 0 bridgehead atoms. The molecule has 0 saturated carbocycles. The molecule has 1 heterocycles. The van der Waals surface area contributed by atoms with Gasteiger partial charge in [0.15, 0.2) is 5.69 Å². The zero-order valence-electron chi connectivity index (χ0n) is 4.46. The van der Waals surface area contributed by atoms with Crippen molar-refractivity contribution in [1.29, 1.82) is 5.41 Å². The zero-order chi connectivity index (χ0) is 6.85. The Morgan fingerprint density at radius 1 is 1.67 bits per heavy atom. The lowest BCUT2D eigenvalue weighted by molar-refractivity contribution is 1.13. The summed E-state index contributed by atoms with van der Waals surface area (Å²) in [6.45, 7) is 0. The van der Waals surface area contributed by atoms with Gasteiger partial charge in [-0.1, -0.05) is 4.49 Å². The molecule has 0 saturated heterocycles. The van der Waals surface area contributed by atoms with Crippen molar-refractivity contribution in [2.24, 2.45) is 5.73 Å². The number of nitrogens with two attached hydrogens (primary N) is 2. The van der Waals surface area contributed by atoms with E-state index in [2.05, 4.69) is 9.59 Å². The summed E-state index contributed by atoms with van der Waals surface area (Å²) >= 11 is 1.03. The Kier molecular flexibility index (Phi) is 1.31. The van der Waals surface area contributed by atoms with Gasteiger partial charge in [-0.25, -0.2) is 0 Å². The number of nitrogens with one attached hydrogen (secondary N) is 1. The Morgan fingerprint density at radius 2 is 2.33 bits per heavy atom. The Morgan fingerprint density at radius 3 is 2.56 bits per heavy atom. The first-order valence-corrected chi connectivity index (χ1v) is 2.91. The predicted molar refractivity (Wildman–Crippen MR) is 35.3 cm³/mol. The molecule has 0 atom stereocenters. The first-order valence-electron chi connectivity index (χ1n) is 2.14. The number of rotatable bonds is 1. The highest BCUT2D eigenvalue weighted by atomic mass is 32.1. The van der Waals surface area contributed by atoms with Crippen molar-refractivity contribution in [1.82, 2.24) is 9.59 Å². The van der Waals surface area contributed by atoms with E-state index in [1.807, 2.05) is 0 Å². The molecule has 0 amide bonds. The Labute approximate surface area is 55.4 Å². The van der Waals surface area contributed by atoms with Gasteiger partial charge in [0.1, 0.15) is 10.8 Å². The molecule has 1 aromatic heterocycles. The van der Waals surface area contributed by atoms with Gasteiger partial charge in [-0.3, -0.25) is 5.41 Å². The van der Waals surface area contributed by atoms with Crippen LogP contribution >= 0.6 is 11.5 Å². The molecule has 0 aliphatic heterocycles. The molecule has 0 aromatic carbocycles. The number of hydrogen-bond acceptors (Lipinski definition) is 5.